The molecule has 1 fully saturated rings. The van der Waals surface area contributed by atoms with E-state index in [1.807, 2.05) is 24.3 Å². The van der Waals surface area contributed by atoms with E-state index in [1.165, 1.54) is 6.07 Å². The molecule has 2 aromatic rings. The lowest BCUT2D eigenvalue weighted by Crippen LogP contribution is -2.62. The average molecular weight is 572 g/mol. The molecule has 4 atom stereocenters. The van der Waals surface area contributed by atoms with Crippen LogP contribution in [-0.2, 0) is 27.3 Å². The Morgan fingerprint density at radius 1 is 1.14 bits per heavy atom. The van der Waals surface area contributed by atoms with Crippen LogP contribution in [0.25, 0.3) is 16.9 Å². The number of benzene rings is 2. The number of hydrogen-bond donors (Lipinski definition) is 6. The number of Topliss-reactive ketones (excluding diaryl/α,β-unsaturated/α-hetero) is 2. The molecular weight excluding hydrogens is 538 g/mol. The lowest BCUT2D eigenvalue weighted by molar-refractivity contribution is -0.155. The number of carbonyl (C=O) groups is 3. The number of aliphatic hydroxyl groups is 3. The number of primary amides is 1. The summed E-state index contributed by atoms with van der Waals surface area (Å²) in [4.78, 5) is 39.4. The molecule has 5 rings (SSSR count). The van der Waals surface area contributed by atoms with Gasteiger partial charge in [-0.15, -0.1) is 0 Å². The summed E-state index contributed by atoms with van der Waals surface area (Å²) in [6.07, 6.45) is 0.696. The van der Waals surface area contributed by atoms with E-state index < -0.39 is 63.8 Å². The summed E-state index contributed by atoms with van der Waals surface area (Å²) >= 11 is 0. The van der Waals surface area contributed by atoms with E-state index in [0.717, 1.165) is 16.7 Å². The quantitative estimate of drug-likeness (QED) is 0.214. The monoisotopic (exact) mass is 571 g/mol. The van der Waals surface area contributed by atoms with E-state index in [2.05, 4.69) is 11.4 Å². The Morgan fingerprint density at radius 2 is 1.83 bits per heavy atom. The van der Waals surface area contributed by atoms with Crippen LogP contribution in [0, 0.1) is 35.0 Å². The molecule has 0 bridgehead atoms. The Morgan fingerprint density at radius 3 is 2.45 bits per heavy atom. The lowest BCUT2D eigenvalue weighted by atomic mass is 9.54. The molecule has 10 nitrogen and oxygen atoms in total. The summed E-state index contributed by atoms with van der Waals surface area (Å²) in [5.74, 6) is -7.89. The van der Waals surface area contributed by atoms with Crippen LogP contribution in [-0.4, -0.2) is 50.0 Å². The van der Waals surface area contributed by atoms with E-state index >= 15 is 0 Å². The van der Waals surface area contributed by atoms with Gasteiger partial charge >= 0.3 is 0 Å². The summed E-state index contributed by atoms with van der Waals surface area (Å²) < 4.78 is 0. The standard InChI is InChI=1S/C32H33N3O7/c1-15(2)23-21-13-18-12-20-19(17-6-4-16(5-7-17)14-35-11-3-10-33)8-9-22(36)25(20)28(38)24(18)29(39)32(21,42)30(40)26(27(23)37)31(34)41/h4-9,15,18,21,23,35-36,38,40,42H,3,11-14H2,1-2H3,(H2,34,41)/t18-,21-,23-,32-/m0/s1. The van der Waals surface area contributed by atoms with E-state index in [-0.39, 0.29) is 29.7 Å². The minimum atomic E-state index is -2.63. The molecule has 0 spiro atoms. The number of nitrogens with two attached hydrogens (primary N) is 1. The van der Waals surface area contributed by atoms with Crippen LogP contribution in [0.15, 0.2) is 53.3 Å². The predicted octanol–water partition coefficient (Wildman–Crippen LogP) is 2.98. The zero-order valence-corrected chi connectivity index (χ0v) is 23.3. The molecule has 0 saturated heterocycles. The molecule has 3 aliphatic carbocycles. The summed E-state index contributed by atoms with van der Waals surface area (Å²) in [6.45, 7) is 4.62. The van der Waals surface area contributed by atoms with Crippen LogP contribution >= 0.6 is 0 Å². The number of phenolic OH excluding ortho intramolecular Hbond substituents is 1. The van der Waals surface area contributed by atoms with E-state index in [9.17, 15) is 34.8 Å². The van der Waals surface area contributed by atoms with Crippen molar-refractivity contribution in [2.45, 2.75) is 45.3 Å². The summed E-state index contributed by atoms with van der Waals surface area (Å²) in [5.41, 5.74) is 5.03. The van der Waals surface area contributed by atoms with Crippen LogP contribution in [0.5, 0.6) is 5.75 Å². The number of fused-ring (bicyclic) bond motifs is 3. The number of hydrogen-bond acceptors (Lipinski definition) is 9. The second-order valence-electron chi connectivity index (χ2n) is 11.6. The van der Waals surface area contributed by atoms with E-state index in [4.69, 9.17) is 11.0 Å². The molecule has 3 aliphatic rings. The first-order valence-corrected chi connectivity index (χ1v) is 13.9. The molecule has 42 heavy (non-hydrogen) atoms. The van der Waals surface area contributed by atoms with E-state index in [1.54, 1.807) is 19.9 Å². The van der Waals surface area contributed by atoms with Crippen molar-refractivity contribution in [3.05, 3.63) is 70.0 Å². The molecule has 0 radical (unpaired) electrons. The number of amides is 1. The van der Waals surface area contributed by atoms with Crippen LogP contribution in [0.1, 0.15) is 43.4 Å². The topological polar surface area (TPSA) is 194 Å². The Hall–Kier alpha value is -4.46. The molecule has 0 aromatic heterocycles. The molecule has 0 aliphatic heterocycles. The highest BCUT2D eigenvalue weighted by molar-refractivity contribution is 6.23. The SMILES string of the molecule is CC(C)[C@@H]1C(=O)C(C(N)=O)=C(O)[C@@]2(O)C(=O)C3=C(O)c4c(O)ccc(-c5ccc(CNCCC#N)cc5)c4C[C@H]3C[C@@H]12. The Labute approximate surface area is 242 Å². The highest BCUT2D eigenvalue weighted by Crippen LogP contribution is 2.55. The van der Waals surface area contributed by atoms with Crippen molar-refractivity contribution >= 4 is 23.2 Å². The second-order valence-corrected chi connectivity index (χ2v) is 11.6. The second kappa shape index (κ2) is 10.7. The molecule has 1 saturated carbocycles. The Kier molecular flexibility index (Phi) is 7.43. The first-order chi connectivity index (χ1) is 19.9. The molecule has 0 unspecified atom stereocenters. The fourth-order valence-electron chi connectivity index (χ4n) is 6.93. The number of phenols is 1. The van der Waals surface area contributed by atoms with Crippen molar-refractivity contribution in [1.82, 2.24) is 5.32 Å². The molecule has 0 heterocycles. The smallest absolute Gasteiger partial charge is 0.255 e. The number of ketones is 2. The third kappa shape index (κ3) is 4.37. The fourth-order valence-corrected chi connectivity index (χ4v) is 6.93. The van der Waals surface area contributed by atoms with Gasteiger partial charge in [-0.05, 0) is 53.0 Å². The number of carbonyl (C=O) groups excluding carboxylic acids is 3. The molecule has 2 aromatic carbocycles. The van der Waals surface area contributed by atoms with Crippen molar-refractivity contribution < 1.29 is 34.8 Å². The first kappa shape index (κ1) is 29.0. The molecule has 10 heteroatoms. The van der Waals surface area contributed by atoms with E-state index in [0.29, 0.717) is 25.1 Å². The maximum absolute atomic E-state index is 14.0. The van der Waals surface area contributed by atoms with Gasteiger partial charge in [-0.1, -0.05) is 44.2 Å². The Bertz CT molecular complexity index is 1600. The number of nitriles is 1. The van der Waals surface area contributed by atoms with Gasteiger partial charge in [0.1, 0.15) is 22.8 Å². The number of aliphatic hydroxyl groups excluding tert-OH is 2. The highest BCUT2D eigenvalue weighted by Gasteiger charge is 2.64. The Balaban J connectivity index is 1.60. The van der Waals surface area contributed by atoms with Crippen LogP contribution in [0.4, 0.5) is 0 Å². The summed E-state index contributed by atoms with van der Waals surface area (Å²) in [5, 5.41) is 56.9. The van der Waals surface area contributed by atoms with Gasteiger partial charge in [0.15, 0.2) is 11.4 Å². The molecule has 7 N–H and O–H groups in total. The van der Waals surface area contributed by atoms with Gasteiger partial charge in [0.05, 0.1) is 11.6 Å². The normalized spacial score (nSPS) is 25.2. The van der Waals surface area contributed by atoms with Crippen molar-refractivity contribution in [3.63, 3.8) is 0 Å². The minimum Gasteiger partial charge on any atom is -0.508 e. The highest BCUT2D eigenvalue weighted by atomic mass is 16.3. The third-order valence-corrected chi connectivity index (χ3v) is 8.86. The van der Waals surface area contributed by atoms with Gasteiger partial charge in [0.25, 0.3) is 5.91 Å². The van der Waals surface area contributed by atoms with Crippen molar-refractivity contribution in [2.24, 2.45) is 29.4 Å². The zero-order chi connectivity index (χ0) is 30.5. The largest absolute Gasteiger partial charge is 0.508 e. The van der Waals surface area contributed by atoms with Crippen molar-refractivity contribution in [3.8, 4) is 22.9 Å². The summed E-state index contributed by atoms with van der Waals surface area (Å²) in [6, 6.07) is 13.0. The van der Waals surface area contributed by atoms with Gasteiger partial charge in [0, 0.05) is 36.9 Å². The first-order valence-electron chi connectivity index (χ1n) is 13.9. The predicted molar refractivity (Wildman–Crippen MR) is 152 cm³/mol. The van der Waals surface area contributed by atoms with Gasteiger partial charge < -0.3 is 31.5 Å². The van der Waals surface area contributed by atoms with Gasteiger partial charge in [-0.2, -0.15) is 5.26 Å². The van der Waals surface area contributed by atoms with Gasteiger partial charge in [0.2, 0.25) is 5.78 Å². The maximum Gasteiger partial charge on any atom is 0.255 e. The molecule has 1 amide bonds. The van der Waals surface area contributed by atoms with Crippen LogP contribution in [0.3, 0.4) is 0 Å². The molecular formula is C32H33N3O7. The number of aromatic hydroxyl groups is 1. The third-order valence-electron chi connectivity index (χ3n) is 8.86. The minimum absolute atomic E-state index is 0.0577. The number of nitrogens with one attached hydrogen (secondary N) is 1. The van der Waals surface area contributed by atoms with Crippen LogP contribution < -0.4 is 11.1 Å². The average Bonchev–Trinajstić information content (AvgIpc) is 2.93. The van der Waals surface area contributed by atoms with Gasteiger partial charge in [-0.25, -0.2) is 0 Å². The molecule has 218 valence electrons. The van der Waals surface area contributed by atoms with Gasteiger partial charge in [-0.3, -0.25) is 14.4 Å². The lowest BCUT2D eigenvalue weighted by Gasteiger charge is -2.50. The fraction of sp³-hybridized carbons (Fsp3) is 0.375. The number of nitrogens with zero attached hydrogens (tertiary/aromatic N) is 1. The maximum atomic E-state index is 14.0. The van der Waals surface area contributed by atoms with Crippen molar-refractivity contribution in [1.29, 1.82) is 5.26 Å². The van der Waals surface area contributed by atoms with Crippen molar-refractivity contribution in [2.75, 3.05) is 6.54 Å². The number of rotatable bonds is 7. The summed E-state index contributed by atoms with van der Waals surface area (Å²) in [7, 11) is 0. The van der Waals surface area contributed by atoms with Crippen LogP contribution in [0.2, 0.25) is 0 Å². The zero-order valence-electron chi connectivity index (χ0n) is 23.3.